The van der Waals surface area contributed by atoms with Crippen molar-refractivity contribution in [1.82, 2.24) is 4.90 Å². The van der Waals surface area contributed by atoms with Crippen molar-refractivity contribution >= 4 is 18.0 Å². The van der Waals surface area contributed by atoms with Crippen LogP contribution in [0.3, 0.4) is 0 Å². The van der Waals surface area contributed by atoms with Gasteiger partial charge in [0.25, 0.3) is 0 Å². The summed E-state index contributed by atoms with van der Waals surface area (Å²) in [7, 11) is 0. The molecule has 3 atom stereocenters. The molecular weight excluding hydrogens is 388 g/mol. The highest BCUT2D eigenvalue weighted by Crippen LogP contribution is 2.36. The van der Waals surface area contributed by atoms with Crippen LogP contribution in [-0.2, 0) is 14.3 Å². The van der Waals surface area contributed by atoms with Crippen molar-refractivity contribution in [3.05, 3.63) is 0 Å². The quantitative estimate of drug-likeness (QED) is 0.652. The van der Waals surface area contributed by atoms with E-state index in [-0.39, 0.29) is 6.61 Å². The van der Waals surface area contributed by atoms with Crippen LogP contribution in [0.5, 0.6) is 0 Å². The fraction of sp³-hybridized carbons (Fsp3) is 0.800. The number of carboxylic acid groups (broad SMARTS) is 1. The van der Waals surface area contributed by atoms with E-state index in [1.165, 1.54) is 0 Å². The Morgan fingerprint density at radius 3 is 2.11 bits per heavy atom. The Morgan fingerprint density at radius 2 is 1.70 bits per heavy atom. The van der Waals surface area contributed by atoms with E-state index in [4.69, 9.17) is 5.11 Å². The topological polar surface area (TPSA) is 83.9 Å². The van der Waals surface area contributed by atoms with Gasteiger partial charge >= 0.3 is 24.4 Å². The monoisotopic (exact) mass is 407 g/mol. The molecule has 0 spiro atoms. The number of carbonyl (C=O) groups excluding carboxylic acids is 2. The van der Waals surface area contributed by atoms with E-state index < -0.39 is 73.4 Å². The van der Waals surface area contributed by atoms with Crippen molar-refractivity contribution in [1.29, 1.82) is 0 Å². The number of aliphatic carboxylic acids is 1. The molecule has 0 aliphatic carbocycles. The molecule has 12 heteroatoms. The number of carbonyl (C=O) groups is 3. The smallest absolute Gasteiger partial charge is 0.416 e. The van der Waals surface area contributed by atoms with Gasteiger partial charge in [0, 0.05) is 6.42 Å². The molecule has 0 aromatic heterocycles. The summed E-state index contributed by atoms with van der Waals surface area (Å²) in [5.74, 6) is -8.51. The molecule has 0 aromatic rings. The molecule has 1 saturated heterocycles. The van der Waals surface area contributed by atoms with Crippen LogP contribution in [0.4, 0.5) is 31.1 Å². The molecule has 0 bridgehead atoms. The van der Waals surface area contributed by atoms with Crippen LogP contribution in [0.25, 0.3) is 0 Å². The van der Waals surface area contributed by atoms with Gasteiger partial charge in [0.15, 0.2) is 0 Å². The zero-order chi connectivity index (χ0) is 21.2. The minimum atomic E-state index is -5.03. The van der Waals surface area contributed by atoms with Gasteiger partial charge in [-0.2, -0.15) is 26.3 Å². The molecule has 27 heavy (non-hydrogen) atoms. The third-order valence-electron chi connectivity index (χ3n) is 4.22. The third-order valence-corrected chi connectivity index (χ3v) is 4.22. The fourth-order valence-corrected chi connectivity index (χ4v) is 2.83. The lowest BCUT2D eigenvalue weighted by atomic mass is 9.84. The zero-order valence-corrected chi connectivity index (χ0v) is 14.4. The molecule has 1 aliphatic rings. The van der Waals surface area contributed by atoms with Gasteiger partial charge in [-0.15, -0.1) is 0 Å². The van der Waals surface area contributed by atoms with Crippen LogP contribution < -0.4 is 0 Å². The van der Waals surface area contributed by atoms with E-state index in [1.54, 1.807) is 13.8 Å². The predicted molar refractivity (Wildman–Crippen MR) is 77.4 cm³/mol. The number of amides is 2. The summed E-state index contributed by atoms with van der Waals surface area (Å²) in [6, 6.07) is -0.904. The van der Waals surface area contributed by atoms with Crippen molar-refractivity contribution in [2.75, 3.05) is 6.61 Å². The lowest BCUT2D eigenvalue weighted by Gasteiger charge is -2.30. The highest BCUT2D eigenvalue weighted by Gasteiger charge is 2.49. The number of halogens is 6. The summed E-state index contributed by atoms with van der Waals surface area (Å²) in [5.41, 5.74) is 0. The van der Waals surface area contributed by atoms with E-state index >= 15 is 0 Å². The average molecular weight is 407 g/mol. The highest BCUT2D eigenvalue weighted by molar-refractivity contribution is 5.96. The van der Waals surface area contributed by atoms with E-state index in [0.717, 1.165) is 0 Å². The van der Waals surface area contributed by atoms with Gasteiger partial charge in [-0.3, -0.25) is 9.59 Å². The normalized spacial score (nSPS) is 20.6. The molecule has 0 aromatic carbocycles. The van der Waals surface area contributed by atoms with Crippen LogP contribution in [-0.4, -0.2) is 53.0 Å². The van der Waals surface area contributed by atoms with E-state index in [0.29, 0.717) is 4.90 Å². The number of carboxylic acids is 1. The molecule has 6 nitrogen and oxygen atoms in total. The Kier molecular flexibility index (Phi) is 7.11. The van der Waals surface area contributed by atoms with Crippen molar-refractivity contribution in [3.63, 3.8) is 0 Å². The van der Waals surface area contributed by atoms with Gasteiger partial charge < -0.3 is 9.84 Å². The Morgan fingerprint density at radius 1 is 1.15 bits per heavy atom. The SMILES string of the molecule is CC(C)[C@H]1COC(=O)N1C(=O)[C@H](CCC(F)(F)F)C(CC(F)(F)F)C(=O)O. The second-order valence-corrected chi connectivity index (χ2v) is 6.62. The first-order valence-corrected chi connectivity index (χ1v) is 8.00. The number of imide groups is 1. The van der Waals surface area contributed by atoms with Crippen molar-refractivity contribution in [3.8, 4) is 0 Å². The van der Waals surface area contributed by atoms with Crippen molar-refractivity contribution < 1.29 is 50.6 Å². The lowest BCUT2D eigenvalue weighted by molar-refractivity contribution is -0.174. The fourth-order valence-electron chi connectivity index (χ4n) is 2.83. The zero-order valence-electron chi connectivity index (χ0n) is 14.4. The molecule has 1 N–H and O–H groups in total. The largest absolute Gasteiger partial charge is 0.481 e. The summed E-state index contributed by atoms with van der Waals surface area (Å²) in [6.07, 6.45) is -15.9. The number of rotatable bonds is 7. The molecule has 156 valence electrons. The first-order valence-electron chi connectivity index (χ1n) is 8.00. The third kappa shape index (κ3) is 6.58. The van der Waals surface area contributed by atoms with Crippen LogP contribution in [0.1, 0.15) is 33.1 Å². The summed E-state index contributed by atoms with van der Waals surface area (Å²) in [4.78, 5) is 36.2. The van der Waals surface area contributed by atoms with Crippen LogP contribution in [0.15, 0.2) is 0 Å². The first kappa shape index (κ1) is 23.0. The Hall–Kier alpha value is -2.01. The highest BCUT2D eigenvalue weighted by atomic mass is 19.4. The van der Waals surface area contributed by atoms with E-state index in [9.17, 15) is 40.7 Å². The molecule has 1 fully saturated rings. The second-order valence-electron chi connectivity index (χ2n) is 6.62. The standard InChI is InChI=1S/C15H19F6NO5/c1-7(2)10-6-27-13(26)22(10)11(23)8(3-4-14(16,17)18)9(12(24)25)5-15(19,20)21/h7-10H,3-6H2,1-2H3,(H,24,25)/t8-,9?,10-/m1/s1. The van der Waals surface area contributed by atoms with E-state index in [1.807, 2.05) is 0 Å². The second kappa shape index (κ2) is 8.34. The summed E-state index contributed by atoms with van der Waals surface area (Å²) in [5, 5.41) is 9.10. The molecule has 1 aliphatic heterocycles. The number of nitrogens with zero attached hydrogens (tertiary/aromatic N) is 1. The maximum Gasteiger partial charge on any atom is 0.416 e. The number of cyclic esters (lactones) is 1. The molecule has 1 rings (SSSR count). The van der Waals surface area contributed by atoms with Crippen molar-refractivity contribution in [2.24, 2.45) is 17.8 Å². The molecular formula is C15H19F6NO5. The Bertz CT molecular complexity index is 574. The van der Waals surface area contributed by atoms with Gasteiger partial charge in [0.2, 0.25) is 5.91 Å². The van der Waals surface area contributed by atoms with Crippen LogP contribution in [0, 0.1) is 17.8 Å². The van der Waals surface area contributed by atoms with Gasteiger partial charge in [0.05, 0.1) is 24.3 Å². The lowest BCUT2D eigenvalue weighted by Crippen LogP contribution is -2.48. The molecule has 2 amide bonds. The Balaban J connectivity index is 3.24. The first-order chi connectivity index (χ1) is 12.1. The Labute approximate surface area is 150 Å². The number of hydrogen-bond acceptors (Lipinski definition) is 4. The van der Waals surface area contributed by atoms with Gasteiger partial charge in [-0.1, -0.05) is 13.8 Å². The predicted octanol–water partition coefficient (Wildman–Crippen LogP) is 3.60. The van der Waals surface area contributed by atoms with E-state index in [2.05, 4.69) is 4.74 Å². The number of hydrogen-bond donors (Lipinski definition) is 1. The molecule has 0 saturated carbocycles. The van der Waals surface area contributed by atoms with Gasteiger partial charge in [-0.05, 0) is 12.3 Å². The average Bonchev–Trinajstić information content (AvgIpc) is 2.85. The minimum absolute atomic E-state index is 0.273. The maximum absolute atomic E-state index is 12.7. The number of alkyl halides is 6. The molecule has 1 unspecified atom stereocenters. The molecule has 0 radical (unpaired) electrons. The number of ether oxygens (including phenoxy) is 1. The maximum atomic E-state index is 12.7. The van der Waals surface area contributed by atoms with Gasteiger partial charge in [-0.25, -0.2) is 9.69 Å². The molecule has 1 heterocycles. The van der Waals surface area contributed by atoms with Crippen LogP contribution >= 0.6 is 0 Å². The summed E-state index contributed by atoms with van der Waals surface area (Å²) >= 11 is 0. The van der Waals surface area contributed by atoms with Crippen molar-refractivity contribution in [2.45, 2.75) is 51.5 Å². The minimum Gasteiger partial charge on any atom is -0.481 e. The van der Waals surface area contributed by atoms with Crippen LogP contribution in [0.2, 0.25) is 0 Å². The van der Waals surface area contributed by atoms with Gasteiger partial charge in [0.1, 0.15) is 6.61 Å². The summed E-state index contributed by atoms with van der Waals surface area (Å²) in [6.45, 7) is 2.87. The summed E-state index contributed by atoms with van der Waals surface area (Å²) < 4.78 is 80.5.